The van der Waals surface area contributed by atoms with Gasteiger partial charge in [0, 0.05) is 40.8 Å². The maximum absolute atomic E-state index is 13.7. The first-order valence-electron chi connectivity index (χ1n) is 12.8. The topological polar surface area (TPSA) is 122 Å². The normalized spacial score (nSPS) is 17.9. The van der Waals surface area contributed by atoms with E-state index in [4.69, 9.17) is 16.3 Å². The lowest BCUT2D eigenvalue weighted by Crippen LogP contribution is -2.35. The quantitative estimate of drug-likeness (QED) is 0.343. The zero-order valence-corrected chi connectivity index (χ0v) is 22.1. The van der Waals surface area contributed by atoms with Crippen LogP contribution in [0.15, 0.2) is 66.0 Å². The van der Waals surface area contributed by atoms with E-state index in [1.807, 2.05) is 0 Å². The van der Waals surface area contributed by atoms with Crippen molar-refractivity contribution in [3.8, 4) is 22.9 Å². The minimum atomic E-state index is -0.825. The Morgan fingerprint density at radius 3 is 2.74 bits per heavy atom. The van der Waals surface area contributed by atoms with Crippen molar-refractivity contribution < 1.29 is 14.6 Å². The molecule has 2 N–H and O–H groups in total. The Labute approximate surface area is 230 Å². The van der Waals surface area contributed by atoms with E-state index in [2.05, 4.69) is 16.4 Å². The van der Waals surface area contributed by atoms with Gasteiger partial charge in [-0.25, -0.2) is 4.98 Å². The van der Waals surface area contributed by atoms with Gasteiger partial charge in [-0.3, -0.25) is 14.2 Å². The largest absolute Gasteiger partial charge is 0.495 e. The summed E-state index contributed by atoms with van der Waals surface area (Å²) in [5.41, 5.74) is 2.16. The van der Waals surface area contributed by atoms with Gasteiger partial charge in [-0.1, -0.05) is 11.6 Å². The summed E-state index contributed by atoms with van der Waals surface area (Å²) >= 11 is 6.20. The van der Waals surface area contributed by atoms with Gasteiger partial charge in [-0.15, -0.1) is 0 Å². The number of fused-ring (bicyclic) bond motifs is 1. The van der Waals surface area contributed by atoms with Crippen LogP contribution in [0.2, 0.25) is 5.02 Å². The number of methoxy groups -OCH3 is 1. The molecular formula is C29H28ClN5O4. The average molecular weight is 546 g/mol. The van der Waals surface area contributed by atoms with Gasteiger partial charge >= 0.3 is 0 Å². The molecule has 0 bridgehead atoms. The molecule has 1 aliphatic rings. The smallest absolute Gasteiger partial charge is 0.252 e. The zero-order chi connectivity index (χ0) is 27.5. The van der Waals surface area contributed by atoms with E-state index in [9.17, 15) is 20.0 Å². The number of anilines is 1. The Kier molecular flexibility index (Phi) is 7.68. The number of carbonyl (C=O) groups excluding carboxylic acids is 1. The van der Waals surface area contributed by atoms with E-state index in [-0.39, 0.29) is 17.9 Å². The van der Waals surface area contributed by atoms with Crippen LogP contribution < -0.4 is 15.6 Å². The fourth-order valence-corrected chi connectivity index (χ4v) is 5.42. The van der Waals surface area contributed by atoms with Gasteiger partial charge in [0.1, 0.15) is 17.4 Å². The number of aliphatic hydroxyl groups excluding tert-OH is 1. The molecule has 200 valence electrons. The molecule has 1 aliphatic carbocycles. The Morgan fingerprint density at radius 2 is 2.00 bits per heavy atom. The molecule has 1 atom stereocenters. The summed E-state index contributed by atoms with van der Waals surface area (Å²) in [4.78, 5) is 31.5. The minimum absolute atomic E-state index is 0.163. The second-order valence-corrected chi connectivity index (χ2v) is 10.3. The summed E-state index contributed by atoms with van der Waals surface area (Å²) in [5.74, 6) is 0.166. The lowest BCUT2D eigenvalue weighted by molar-refractivity contribution is -0.120. The number of nitrogens with zero attached hydrogens (tertiary/aromatic N) is 4. The highest BCUT2D eigenvalue weighted by atomic mass is 35.5. The highest BCUT2D eigenvalue weighted by Crippen LogP contribution is 2.35. The molecule has 39 heavy (non-hydrogen) atoms. The number of benzene rings is 1. The number of nitriles is 1. The lowest BCUT2D eigenvalue weighted by atomic mass is 9.83. The standard InChI is InChI=1S/C29H28ClN5O4/c1-39-26-17-35(28(37)14-24(26)23-13-20(30)5-4-19(23)15-31)25(12-18-2-7-22(36)8-3-18)29(38)33-21-6-9-27-32-10-11-34(27)16-21/h4-6,9-11,13-14,16-18,22,25,36H,2-3,7-8,12H2,1H3,(H,33,38). The highest BCUT2D eigenvalue weighted by molar-refractivity contribution is 6.31. The molecule has 0 aliphatic heterocycles. The van der Waals surface area contributed by atoms with Crippen LogP contribution in [-0.4, -0.2) is 38.2 Å². The van der Waals surface area contributed by atoms with E-state index in [0.29, 0.717) is 52.4 Å². The van der Waals surface area contributed by atoms with Crippen molar-refractivity contribution in [2.24, 2.45) is 5.92 Å². The van der Waals surface area contributed by atoms with Crippen molar-refractivity contribution in [1.29, 1.82) is 5.26 Å². The number of hydrogen-bond donors (Lipinski definition) is 2. The monoisotopic (exact) mass is 545 g/mol. The summed E-state index contributed by atoms with van der Waals surface area (Å²) in [6, 6.07) is 11.1. The number of pyridine rings is 2. The first kappa shape index (κ1) is 26.5. The number of imidazole rings is 1. The minimum Gasteiger partial charge on any atom is -0.495 e. The molecule has 0 saturated heterocycles. The third kappa shape index (κ3) is 5.67. The van der Waals surface area contributed by atoms with Crippen molar-refractivity contribution >= 4 is 28.8 Å². The Hall–Kier alpha value is -4.13. The van der Waals surface area contributed by atoms with Crippen LogP contribution in [0, 0.1) is 17.2 Å². The molecule has 1 fully saturated rings. The van der Waals surface area contributed by atoms with Gasteiger partial charge < -0.3 is 19.6 Å². The van der Waals surface area contributed by atoms with Gasteiger partial charge in [0.25, 0.3) is 5.56 Å². The van der Waals surface area contributed by atoms with Crippen LogP contribution >= 0.6 is 11.6 Å². The molecule has 9 nitrogen and oxygen atoms in total. The molecule has 4 aromatic rings. The van der Waals surface area contributed by atoms with Crippen LogP contribution in [0.3, 0.4) is 0 Å². The van der Waals surface area contributed by atoms with Crippen molar-refractivity contribution in [3.05, 3.63) is 82.1 Å². The number of nitrogens with one attached hydrogen (secondary N) is 1. The van der Waals surface area contributed by atoms with Crippen LogP contribution in [-0.2, 0) is 4.79 Å². The van der Waals surface area contributed by atoms with E-state index >= 15 is 0 Å². The van der Waals surface area contributed by atoms with Gasteiger partial charge in [0.2, 0.25) is 5.91 Å². The fourth-order valence-electron chi connectivity index (χ4n) is 5.24. The van der Waals surface area contributed by atoms with Gasteiger partial charge in [-0.05, 0) is 68.4 Å². The summed E-state index contributed by atoms with van der Waals surface area (Å²) < 4.78 is 8.84. The van der Waals surface area contributed by atoms with Crippen molar-refractivity contribution in [2.45, 2.75) is 44.2 Å². The summed E-state index contributed by atoms with van der Waals surface area (Å²) in [5, 5.41) is 23.0. The SMILES string of the molecule is COc1cn(C(CC2CCC(O)CC2)C(=O)Nc2ccc3nccn3c2)c(=O)cc1-c1cc(Cl)ccc1C#N. The van der Waals surface area contributed by atoms with Crippen molar-refractivity contribution in [3.63, 3.8) is 0 Å². The molecule has 1 unspecified atom stereocenters. The predicted molar refractivity (Wildman–Crippen MR) is 148 cm³/mol. The number of ether oxygens (including phenoxy) is 1. The predicted octanol–water partition coefficient (Wildman–Crippen LogP) is 4.82. The van der Waals surface area contributed by atoms with E-state index in [0.717, 1.165) is 18.5 Å². The molecule has 0 spiro atoms. The Balaban J connectivity index is 1.53. The lowest BCUT2D eigenvalue weighted by Gasteiger charge is -2.29. The van der Waals surface area contributed by atoms with Crippen LogP contribution in [0.25, 0.3) is 16.8 Å². The second-order valence-electron chi connectivity index (χ2n) is 9.83. The zero-order valence-electron chi connectivity index (χ0n) is 21.4. The van der Waals surface area contributed by atoms with E-state index in [1.165, 1.54) is 23.9 Å². The van der Waals surface area contributed by atoms with Crippen LogP contribution in [0.1, 0.15) is 43.7 Å². The van der Waals surface area contributed by atoms with E-state index < -0.39 is 11.6 Å². The third-order valence-corrected chi connectivity index (χ3v) is 7.56. The summed E-state index contributed by atoms with van der Waals surface area (Å²) in [6.07, 6.45) is 9.72. The first-order valence-corrected chi connectivity index (χ1v) is 13.2. The summed E-state index contributed by atoms with van der Waals surface area (Å²) in [7, 11) is 1.47. The number of aromatic nitrogens is 3. The molecular weight excluding hydrogens is 518 g/mol. The maximum atomic E-state index is 13.7. The Morgan fingerprint density at radius 1 is 1.21 bits per heavy atom. The number of amides is 1. The molecule has 3 heterocycles. The number of carbonyl (C=O) groups is 1. The van der Waals surface area contributed by atoms with Gasteiger partial charge in [0.05, 0.1) is 36.7 Å². The van der Waals surface area contributed by atoms with Crippen molar-refractivity contribution in [1.82, 2.24) is 14.0 Å². The molecule has 1 saturated carbocycles. The molecule has 3 aromatic heterocycles. The average Bonchev–Trinajstić information content (AvgIpc) is 3.41. The van der Waals surface area contributed by atoms with Crippen LogP contribution in [0.5, 0.6) is 5.75 Å². The maximum Gasteiger partial charge on any atom is 0.252 e. The van der Waals surface area contributed by atoms with Crippen LogP contribution in [0.4, 0.5) is 5.69 Å². The Bertz CT molecular complexity index is 1610. The molecule has 0 radical (unpaired) electrons. The first-order chi connectivity index (χ1) is 18.9. The molecule has 1 amide bonds. The fraction of sp³-hybridized carbons (Fsp3) is 0.310. The highest BCUT2D eigenvalue weighted by Gasteiger charge is 2.29. The number of hydrogen-bond acceptors (Lipinski definition) is 6. The summed E-state index contributed by atoms with van der Waals surface area (Å²) in [6.45, 7) is 0. The number of aliphatic hydroxyl groups is 1. The molecule has 5 rings (SSSR count). The second kappa shape index (κ2) is 11.3. The number of halogens is 1. The third-order valence-electron chi connectivity index (χ3n) is 7.32. The molecule has 1 aromatic carbocycles. The van der Waals surface area contributed by atoms with Gasteiger partial charge in [0.15, 0.2) is 0 Å². The molecule has 10 heteroatoms. The van der Waals surface area contributed by atoms with Crippen molar-refractivity contribution in [2.75, 3.05) is 12.4 Å². The van der Waals surface area contributed by atoms with E-state index in [1.54, 1.807) is 53.3 Å². The van der Waals surface area contributed by atoms with Gasteiger partial charge in [-0.2, -0.15) is 5.26 Å². The number of rotatable bonds is 7.